The molecule has 2 N–H and O–H groups in total. The van der Waals surface area contributed by atoms with Crippen LogP contribution in [0.1, 0.15) is 33.6 Å². The van der Waals surface area contributed by atoms with Gasteiger partial charge in [0.25, 0.3) is 0 Å². The lowest BCUT2D eigenvalue weighted by molar-refractivity contribution is 0.128. The molecule has 0 aliphatic carbocycles. The lowest BCUT2D eigenvalue weighted by Crippen LogP contribution is -2.48. The average molecular weight is 213 g/mol. The van der Waals surface area contributed by atoms with E-state index < -0.39 is 0 Å². The second-order valence-corrected chi connectivity index (χ2v) is 4.70. The van der Waals surface area contributed by atoms with Crippen molar-refractivity contribution >= 4 is 0 Å². The van der Waals surface area contributed by atoms with Gasteiger partial charge < -0.3 is 10.6 Å². The first-order valence-electron chi connectivity index (χ1n) is 6.39. The zero-order valence-electron chi connectivity index (χ0n) is 10.6. The van der Waals surface area contributed by atoms with E-state index in [4.69, 9.17) is 5.73 Å². The Bertz CT molecular complexity index is 168. The molecule has 0 bridgehead atoms. The smallest absolute Gasteiger partial charge is 0.0112 e. The van der Waals surface area contributed by atoms with E-state index in [2.05, 4.69) is 30.6 Å². The molecule has 0 aromatic heterocycles. The van der Waals surface area contributed by atoms with Crippen molar-refractivity contribution in [1.82, 2.24) is 9.80 Å². The highest BCUT2D eigenvalue weighted by atomic mass is 15.2. The Morgan fingerprint density at radius 3 is 2.53 bits per heavy atom. The molecule has 1 rings (SSSR count). The summed E-state index contributed by atoms with van der Waals surface area (Å²) < 4.78 is 0. The summed E-state index contributed by atoms with van der Waals surface area (Å²) >= 11 is 0. The Hall–Kier alpha value is -0.120. The molecule has 15 heavy (non-hydrogen) atoms. The summed E-state index contributed by atoms with van der Waals surface area (Å²) in [6.45, 7) is 12.7. The van der Waals surface area contributed by atoms with Crippen LogP contribution in [0.3, 0.4) is 0 Å². The molecular formula is C12H27N3. The maximum absolute atomic E-state index is 5.96. The van der Waals surface area contributed by atoms with Crippen LogP contribution in [0.25, 0.3) is 0 Å². The van der Waals surface area contributed by atoms with E-state index in [1.807, 2.05) is 0 Å². The fraction of sp³-hybridized carbons (Fsp3) is 1.00. The second kappa shape index (κ2) is 6.46. The van der Waals surface area contributed by atoms with Crippen molar-refractivity contribution in [1.29, 1.82) is 0 Å². The Kier molecular flexibility index (Phi) is 5.58. The molecule has 3 heteroatoms. The van der Waals surface area contributed by atoms with Crippen molar-refractivity contribution in [3.8, 4) is 0 Å². The van der Waals surface area contributed by atoms with E-state index in [9.17, 15) is 0 Å². The van der Waals surface area contributed by atoms with Crippen molar-refractivity contribution in [3.05, 3.63) is 0 Å². The van der Waals surface area contributed by atoms with Gasteiger partial charge in [-0.1, -0.05) is 13.8 Å². The number of likely N-dealkylation sites (tertiary alicyclic amines) is 1. The molecule has 1 fully saturated rings. The Labute approximate surface area is 94.6 Å². The number of nitrogens with zero attached hydrogens (tertiary/aromatic N) is 2. The molecule has 90 valence electrons. The molecule has 1 aliphatic rings. The van der Waals surface area contributed by atoms with Crippen LogP contribution >= 0.6 is 0 Å². The first-order chi connectivity index (χ1) is 7.17. The van der Waals surface area contributed by atoms with Gasteiger partial charge in [0.15, 0.2) is 0 Å². The minimum atomic E-state index is 0.435. The van der Waals surface area contributed by atoms with Gasteiger partial charge in [0, 0.05) is 25.2 Å². The Balaban J connectivity index is 2.26. The third kappa shape index (κ3) is 4.09. The molecule has 0 amide bonds. The van der Waals surface area contributed by atoms with Crippen LogP contribution in [-0.2, 0) is 0 Å². The number of nitrogens with two attached hydrogens (primary N) is 1. The van der Waals surface area contributed by atoms with E-state index in [0.717, 1.165) is 19.5 Å². The second-order valence-electron chi connectivity index (χ2n) is 4.70. The fourth-order valence-electron chi connectivity index (χ4n) is 2.40. The number of likely N-dealkylation sites (N-methyl/N-ethyl adjacent to an activating group) is 1. The molecule has 0 radical (unpaired) electrons. The van der Waals surface area contributed by atoms with Gasteiger partial charge in [-0.05, 0) is 39.4 Å². The Morgan fingerprint density at radius 1 is 1.33 bits per heavy atom. The first kappa shape index (κ1) is 12.9. The summed E-state index contributed by atoms with van der Waals surface area (Å²) in [5.41, 5.74) is 5.96. The summed E-state index contributed by atoms with van der Waals surface area (Å²) in [4.78, 5) is 5.07. The normalized spacial score (nSPS) is 28.6. The fourth-order valence-corrected chi connectivity index (χ4v) is 2.40. The topological polar surface area (TPSA) is 32.5 Å². The highest BCUT2D eigenvalue weighted by molar-refractivity contribution is 4.81. The zero-order chi connectivity index (χ0) is 11.3. The number of hydrogen-bond donors (Lipinski definition) is 1. The standard InChI is InChI=1S/C12H27N3/c1-4-14(5-2)8-9-15-7-6-12(13)10-11(15)3/h11-12H,4-10,13H2,1-3H3. The number of piperidine rings is 1. The molecule has 2 unspecified atom stereocenters. The van der Waals surface area contributed by atoms with Crippen molar-refractivity contribution in [3.63, 3.8) is 0 Å². The van der Waals surface area contributed by atoms with Crippen LogP contribution in [0.4, 0.5) is 0 Å². The largest absolute Gasteiger partial charge is 0.328 e. The van der Waals surface area contributed by atoms with Gasteiger partial charge in [0.1, 0.15) is 0 Å². The third-order valence-electron chi connectivity index (χ3n) is 3.65. The van der Waals surface area contributed by atoms with Crippen molar-refractivity contribution < 1.29 is 0 Å². The molecule has 0 spiro atoms. The minimum absolute atomic E-state index is 0.435. The van der Waals surface area contributed by atoms with Gasteiger partial charge in [-0.25, -0.2) is 0 Å². The van der Waals surface area contributed by atoms with E-state index in [0.29, 0.717) is 12.1 Å². The quantitative estimate of drug-likeness (QED) is 0.743. The monoisotopic (exact) mass is 213 g/mol. The molecule has 1 aliphatic heterocycles. The highest BCUT2D eigenvalue weighted by Gasteiger charge is 2.22. The summed E-state index contributed by atoms with van der Waals surface area (Å²) in [6.07, 6.45) is 2.33. The van der Waals surface area contributed by atoms with E-state index in [-0.39, 0.29) is 0 Å². The van der Waals surface area contributed by atoms with Crippen molar-refractivity contribution in [2.75, 3.05) is 32.7 Å². The predicted octanol–water partition coefficient (Wildman–Crippen LogP) is 1.14. The maximum atomic E-state index is 5.96. The Morgan fingerprint density at radius 2 is 2.00 bits per heavy atom. The molecule has 0 aromatic carbocycles. The molecular weight excluding hydrogens is 186 g/mol. The van der Waals surface area contributed by atoms with Crippen LogP contribution in [0.2, 0.25) is 0 Å². The average Bonchev–Trinajstić information content (AvgIpc) is 2.22. The lowest BCUT2D eigenvalue weighted by Gasteiger charge is -2.37. The molecule has 1 heterocycles. The van der Waals surface area contributed by atoms with Crippen LogP contribution in [-0.4, -0.2) is 54.6 Å². The van der Waals surface area contributed by atoms with Gasteiger partial charge >= 0.3 is 0 Å². The van der Waals surface area contributed by atoms with Crippen molar-refractivity contribution in [2.24, 2.45) is 5.73 Å². The summed E-state index contributed by atoms with van der Waals surface area (Å²) in [5, 5.41) is 0. The summed E-state index contributed by atoms with van der Waals surface area (Å²) in [5.74, 6) is 0. The zero-order valence-corrected chi connectivity index (χ0v) is 10.6. The van der Waals surface area contributed by atoms with E-state index in [1.54, 1.807) is 0 Å². The van der Waals surface area contributed by atoms with E-state index >= 15 is 0 Å². The molecule has 0 saturated carbocycles. The predicted molar refractivity (Wildman–Crippen MR) is 66.0 cm³/mol. The number of rotatable bonds is 5. The van der Waals surface area contributed by atoms with Crippen LogP contribution in [0.5, 0.6) is 0 Å². The summed E-state index contributed by atoms with van der Waals surface area (Å²) in [6, 6.07) is 1.11. The van der Waals surface area contributed by atoms with Gasteiger partial charge in [-0.15, -0.1) is 0 Å². The van der Waals surface area contributed by atoms with Gasteiger partial charge in [0.2, 0.25) is 0 Å². The highest BCUT2D eigenvalue weighted by Crippen LogP contribution is 2.15. The third-order valence-corrected chi connectivity index (χ3v) is 3.65. The first-order valence-corrected chi connectivity index (χ1v) is 6.39. The molecule has 3 nitrogen and oxygen atoms in total. The lowest BCUT2D eigenvalue weighted by atomic mass is 9.99. The SMILES string of the molecule is CCN(CC)CCN1CCC(N)CC1C. The van der Waals surface area contributed by atoms with Gasteiger partial charge in [-0.3, -0.25) is 4.90 Å². The van der Waals surface area contributed by atoms with Crippen LogP contribution in [0.15, 0.2) is 0 Å². The van der Waals surface area contributed by atoms with Gasteiger partial charge in [0.05, 0.1) is 0 Å². The van der Waals surface area contributed by atoms with E-state index in [1.165, 1.54) is 26.1 Å². The van der Waals surface area contributed by atoms with Crippen LogP contribution < -0.4 is 5.73 Å². The molecule has 2 atom stereocenters. The molecule has 0 aromatic rings. The van der Waals surface area contributed by atoms with Crippen molar-refractivity contribution in [2.45, 2.75) is 45.7 Å². The number of hydrogen-bond acceptors (Lipinski definition) is 3. The summed E-state index contributed by atoms with van der Waals surface area (Å²) in [7, 11) is 0. The minimum Gasteiger partial charge on any atom is -0.328 e. The molecule has 1 saturated heterocycles. The van der Waals surface area contributed by atoms with Gasteiger partial charge in [-0.2, -0.15) is 0 Å². The van der Waals surface area contributed by atoms with Crippen LogP contribution in [0, 0.1) is 0 Å². The maximum Gasteiger partial charge on any atom is 0.0112 e.